The second-order valence-electron chi connectivity index (χ2n) is 2.48. The summed E-state index contributed by atoms with van der Waals surface area (Å²) in [6.07, 6.45) is 1.50. The predicted octanol–water partition coefficient (Wildman–Crippen LogP) is 1.66. The predicted molar refractivity (Wildman–Crippen MR) is 40.4 cm³/mol. The lowest BCUT2D eigenvalue weighted by Gasteiger charge is -2.04. The highest BCUT2D eigenvalue weighted by Crippen LogP contribution is 2.02. The van der Waals surface area contributed by atoms with Gasteiger partial charge in [-0.2, -0.15) is 0 Å². The topological polar surface area (TPSA) is 22.0 Å². The first kappa shape index (κ1) is 7.98. The van der Waals surface area contributed by atoms with Crippen LogP contribution in [-0.4, -0.2) is 17.0 Å². The number of hydrogen-bond acceptors (Lipinski definition) is 1. The first-order chi connectivity index (χ1) is 5.24. The van der Waals surface area contributed by atoms with Crippen LogP contribution in [0.25, 0.3) is 0 Å². The van der Waals surface area contributed by atoms with E-state index in [1.165, 1.54) is 6.92 Å². The third kappa shape index (κ3) is 1.90. The zero-order valence-corrected chi connectivity index (χ0v) is 6.33. The van der Waals surface area contributed by atoms with E-state index < -0.39 is 6.17 Å². The van der Waals surface area contributed by atoms with Crippen molar-refractivity contribution < 1.29 is 9.18 Å². The number of carbonyl (C=O) groups excluding carboxylic acids is 1. The molecule has 1 unspecified atom stereocenters. The number of aldehydes is 1. The molecular weight excluding hydrogens is 145 g/mol. The second-order valence-corrected chi connectivity index (χ2v) is 2.48. The molecule has 0 spiro atoms. The minimum Gasteiger partial charge on any atom is -0.342 e. The third-order valence-electron chi connectivity index (χ3n) is 1.43. The Hall–Kier alpha value is -1.12. The van der Waals surface area contributed by atoms with Crippen LogP contribution in [0.3, 0.4) is 0 Å². The maximum absolute atomic E-state index is 12.4. The molecule has 0 radical (unpaired) electrons. The highest BCUT2D eigenvalue weighted by molar-refractivity contribution is 5.72. The van der Waals surface area contributed by atoms with Crippen molar-refractivity contribution in [2.24, 2.45) is 0 Å². The summed E-state index contributed by atoms with van der Waals surface area (Å²) in [7, 11) is 0. The van der Waals surface area contributed by atoms with E-state index in [2.05, 4.69) is 0 Å². The highest BCUT2D eigenvalue weighted by atomic mass is 19.1. The first-order valence-electron chi connectivity index (χ1n) is 3.48. The van der Waals surface area contributed by atoms with Gasteiger partial charge in [-0.1, -0.05) is 0 Å². The summed E-state index contributed by atoms with van der Waals surface area (Å²) in [5.74, 6) is 0. The quantitative estimate of drug-likeness (QED) is 0.608. The van der Waals surface area contributed by atoms with Crippen molar-refractivity contribution >= 4 is 6.29 Å². The highest BCUT2D eigenvalue weighted by Gasteiger charge is 2.02. The smallest absolute Gasteiger partial charge is 0.166 e. The van der Waals surface area contributed by atoms with Gasteiger partial charge in [-0.3, -0.25) is 4.79 Å². The molecule has 0 amide bonds. The molecule has 1 rings (SSSR count). The summed E-state index contributed by atoms with van der Waals surface area (Å²) >= 11 is 0. The summed E-state index contributed by atoms with van der Waals surface area (Å²) in [5.41, 5.74) is 0.523. The molecule has 1 heterocycles. The third-order valence-corrected chi connectivity index (χ3v) is 1.43. The lowest BCUT2D eigenvalue weighted by molar-refractivity contribution is 0.111. The summed E-state index contributed by atoms with van der Waals surface area (Å²) < 4.78 is 14.0. The normalized spacial score (nSPS) is 12.9. The van der Waals surface area contributed by atoms with Crippen LogP contribution < -0.4 is 0 Å². The van der Waals surface area contributed by atoms with Crippen molar-refractivity contribution in [2.45, 2.75) is 19.6 Å². The Kier molecular flexibility index (Phi) is 2.41. The second kappa shape index (κ2) is 3.32. The summed E-state index contributed by atoms with van der Waals surface area (Å²) in [5, 5.41) is 0. The summed E-state index contributed by atoms with van der Waals surface area (Å²) in [4.78, 5) is 10.3. The molecule has 1 aromatic rings. The van der Waals surface area contributed by atoms with Gasteiger partial charge in [0.25, 0.3) is 0 Å². The van der Waals surface area contributed by atoms with Gasteiger partial charge in [-0.15, -0.1) is 0 Å². The molecule has 2 nitrogen and oxygen atoms in total. The summed E-state index contributed by atoms with van der Waals surface area (Å²) in [6.45, 7) is 1.72. The fraction of sp³-hybridized carbons (Fsp3) is 0.375. The largest absolute Gasteiger partial charge is 0.342 e. The van der Waals surface area contributed by atoms with Gasteiger partial charge in [0.15, 0.2) is 6.29 Å². The molecule has 0 saturated heterocycles. The number of carbonyl (C=O) groups is 1. The molecule has 1 aromatic heterocycles. The zero-order chi connectivity index (χ0) is 8.27. The number of halogens is 1. The van der Waals surface area contributed by atoms with Crippen LogP contribution >= 0.6 is 0 Å². The molecule has 0 aromatic carbocycles. The molecular formula is C8H10FNO. The molecule has 0 fully saturated rings. The Morgan fingerprint density at radius 1 is 1.82 bits per heavy atom. The van der Waals surface area contributed by atoms with Gasteiger partial charge in [-0.05, 0) is 19.1 Å². The summed E-state index contributed by atoms with van der Waals surface area (Å²) in [6, 6.07) is 3.39. The molecule has 60 valence electrons. The van der Waals surface area contributed by atoms with Crippen LogP contribution in [-0.2, 0) is 6.54 Å². The fourth-order valence-electron chi connectivity index (χ4n) is 0.972. The van der Waals surface area contributed by atoms with Crippen LogP contribution in [0.5, 0.6) is 0 Å². The Morgan fingerprint density at radius 3 is 3.09 bits per heavy atom. The van der Waals surface area contributed by atoms with Crippen molar-refractivity contribution in [1.82, 2.24) is 4.57 Å². The van der Waals surface area contributed by atoms with E-state index >= 15 is 0 Å². The first-order valence-corrected chi connectivity index (χ1v) is 3.48. The average molecular weight is 155 g/mol. The molecule has 0 aliphatic rings. The maximum atomic E-state index is 12.4. The number of rotatable bonds is 3. The van der Waals surface area contributed by atoms with Crippen LogP contribution in [0.15, 0.2) is 18.3 Å². The number of hydrogen-bond donors (Lipinski definition) is 0. The molecule has 3 heteroatoms. The molecule has 0 bridgehead atoms. The molecule has 0 aliphatic heterocycles. The van der Waals surface area contributed by atoms with Crippen molar-refractivity contribution in [3.05, 3.63) is 24.0 Å². The van der Waals surface area contributed by atoms with Crippen molar-refractivity contribution in [3.8, 4) is 0 Å². The molecule has 0 aliphatic carbocycles. The Bertz CT molecular complexity index is 242. The lowest BCUT2D eigenvalue weighted by Crippen LogP contribution is -2.08. The Balaban J connectivity index is 2.76. The molecule has 0 saturated carbocycles. The van der Waals surface area contributed by atoms with E-state index in [1.54, 1.807) is 22.9 Å². The van der Waals surface area contributed by atoms with Crippen LogP contribution in [0.1, 0.15) is 17.4 Å². The number of alkyl halides is 1. The van der Waals surface area contributed by atoms with E-state index in [1.807, 2.05) is 0 Å². The van der Waals surface area contributed by atoms with Gasteiger partial charge in [0.1, 0.15) is 6.17 Å². The Labute approximate surface area is 64.6 Å². The number of aromatic nitrogens is 1. The zero-order valence-electron chi connectivity index (χ0n) is 6.33. The van der Waals surface area contributed by atoms with Crippen LogP contribution in [0, 0.1) is 0 Å². The van der Waals surface area contributed by atoms with Crippen LogP contribution in [0.2, 0.25) is 0 Å². The maximum Gasteiger partial charge on any atom is 0.166 e. The van der Waals surface area contributed by atoms with Crippen molar-refractivity contribution in [2.75, 3.05) is 0 Å². The van der Waals surface area contributed by atoms with E-state index in [0.29, 0.717) is 5.69 Å². The fourth-order valence-corrected chi connectivity index (χ4v) is 0.972. The van der Waals surface area contributed by atoms with Gasteiger partial charge in [0.05, 0.1) is 12.2 Å². The molecule has 1 atom stereocenters. The van der Waals surface area contributed by atoms with Crippen molar-refractivity contribution in [3.63, 3.8) is 0 Å². The lowest BCUT2D eigenvalue weighted by atomic mass is 10.4. The van der Waals surface area contributed by atoms with Crippen LogP contribution in [0.4, 0.5) is 4.39 Å². The van der Waals surface area contributed by atoms with E-state index in [0.717, 1.165) is 6.29 Å². The van der Waals surface area contributed by atoms with Gasteiger partial charge < -0.3 is 4.57 Å². The Morgan fingerprint density at radius 2 is 2.55 bits per heavy atom. The minimum atomic E-state index is -0.916. The molecule has 11 heavy (non-hydrogen) atoms. The monoisotopic (exact) mass is 155 g/mol. The molecule has 0 N–H and O–H groups in total. The van der Waals surface area contributed by atoms with E-state index in [4.69, 9.17) is 0 Å². The van der Waals surface area contributed by atoms with Gasteiger partial charge in [0, 0.05) is 6.20 Å². The average Bonchev–Trinajstić information content (AvgIpc) is 2.34. The van der Waals surface area contributed by atoms with Crippen molar-refractivity contribution in [1.29, 1.82) is 0 Å². The SMILES string of the molecule is CC(F)Cn1cccc1C=O. The minimum absolute atomic E-state index is 0.251. The van der Waals surface area contributed by atoms with Gasteiger partial charge in [-0.25, -0.2) is 4.39 Å². The van der Waals surface area contributed by atoms with Gasteiger partial charge >= 0.3 is 0 Å². The number of nitrogens with zero attached hydrogens (tertiary/aromatic N) is 1. The van der Waals surface area contributed by atoms with E-state index in [-0.39, 0.29) is 6.54 Å². The van der Waals surface area contributed by atoms with Gasteiger partial charge in [0.2, 0.25) is 0 Å². The van der Waals surface area contributed by atoms with E-state index in [9.17, 15) is 9.18 Å². The standard InChI is InChI=1S/C8H10FNO/c1-7(9)5-10-4-2-3-8(10)6-11/h2-4,6-7H,5H2,1H3.